The van der Waals surface area contributed by atoms with Crippen molar-refractivity contribution in [2.45, 2.75) is 304 Å². The second kappa shape index (κ2) is 40.3. The third-order valence-electron chi connectivity index (χ3n) is 20.4. The first kappa shape index (κ1) is 92.1. The summed E-state index contributed by atoms with van der Waals surface area (Å²) in [6.45, 7) is -6.01. The van der Waals surface area contributed by atoms with Crippen molar-refractivity contribution in [1.29, 1.82) is 0 Å². The molecule has 9 rings (SSSR count). The van der Waals surface area contributed by atoms with Gasteiger partial charge in [-0.2, -0.15) is 0 Å². The summed E-state index contributed by atoms with van der Waals surface area (Å²) in [5.41, 5.74) is 0. The number of amides is 4. The van der Waals surface area contributed by atoms with Gasteiger partial charge in [-0.15, -0.1) is 0 Å². The lowest BCUT2D eigenvalue weighted by Gasteiger charge is -2.51. The first-order valence-corrected chi connectivity index (χ1v) is 35.6. The molecule has 9 aliphatic rings. The number of carbonyl (C=O) groups excluding carboxylic acids is 4. The minimum absolute atomic E-state index is 0.788. The summed E-state index contributed by atoms with van der Waals surface area (Å²) in [5, 5.41) is 286. The summed E-state index contributed by atoms with van der Waals surface area (Å²) in [6.07, 6.45) is -85.1. The quantitative estimate of drug-likeness (QED) is 0.0331. The van der Waals surface area contributed by atoms with E-state index in [9.17, 15) is 147 Å². The lowest BCUT2D eigenvalue weighted by Crippen LogP contribution is -2.71. The van der Waals surface area contributed by atoms with Gasteiger partial charge in [-0.05, 0) is 0 Å². The van der Waals surface area contributed by atoms with Gasteiger partial charge in [0.15, 0.2) is 56.6 Å². The molecule has 7 unspecified atom stereocenters. The molecule has 0 aromatic rings. The number of hydrogen-bond acceptors (Lipinski definition) is 46. The van der Waals surface area contributed by atoms with E-state index in [0.717, 1.165) is 27.7 Å². The Morgan fingerprint density at radius 1 is 0.232 bits per heavy atom. The second-order valence-corrected chi connectivity index (χ2v) is 28.2. The Hall–Kier alpha value is -3.80. The highest BCUT2D eigenvalue weighted by atomic mass is 16.8. The molecule has 0 aromatic carbocycles. The molecule has 9 saturated heterocycles. The van der Waals surface area contributed by atoms with Crippen LogP contribution < -0.4 is 21.3 Å². The maximum Gasteiger partial charge on any atom is 0.217 e. The van der Waals surface area contributed by atoms with Gasteiger partial charge in [0.25, 0.3) is 0 Å². The van der Waals surface area contributed by atoms with Gasteiger partial charge in [0, 0.05) is 27.7 Å². The zero-order valence-corrected chi connectivity index (χ0v) is 60.1. The van der Waals surface area contributed by atoms with Crippen LogP contribution in [0.15, 0.2) is 0 Å². The second-order valence-electron chi connectivity index (χ2n) is 28.2. The fourth-order valence-electron chi connectivity index (χ4n) is 14.5. The maximum atomic E-state index is 13.0. The van der Waals surface area contributed by atoms with Crippen LogP contribution >= 0.6 is 0 Å². The summed E-state index contributed by atoms with van der Waals surface area (Å²) in [6, 6.07) is -7.42. The molecule has 9 fully saturated rings. The monoisotopic (exact) mass is 1640 g/mol. The fraction of sp³-hybridized carbons (Fsp3) is 0.935. The first-order chi connectivity index (χ1) is 53.0. The van der Waals surface area contributed by atoms with Crippen molar-refractivity contribution in [2.75, 3.05) is 59.5 Å². The Balaban J connectivity index is 1.05. The van der Waals surface area contributed by atoms with Gasteiger partial charge in [0.05, 0.1) is 59.5 Å². The molecule has 45 atom stereocenters. The van der Waals surface area contributed by atoms with E-state index in [1.54, 1.807) is 0 Å². The minimum Gasteiger partial charge on any atom is -0.394 e. The molecule has 50 nitrogen and oxygen atoms in total. The van der Waals surface area contributed by atoms with Crippen LogP contribution in [0.3, 0.4) is 0 Å². The van der Waals surface area contributed by atoms with Gasteiger partial charge in [0.1, 0.15) is 219 Å². The molecule has 0 spiro atoms. The number of nitrogens with one attached hydrogen (secondary N) is 4. The Morgan fingerprint density at radius 3 is 0.830 bits per heavy atom. The summed E-state index contributed by atoms with van der Waals surface area (Å²) < 4.78 is 101. The van der Waals surface area contributed by atoms with Gasteiger partial charge in [-0.1, -0.05) is 0 Å². The molecule has 0 radical (unpaired) electrons. The molecule has 0 bridgehead atoms. The summed E-state index contributed by atoms with van der Waals surface area (Å²) in [7, 11) is 0. The van der Waals surface area contributed by atoms with Crippen LogP contribution in [0.1, 0.15) is 27.7 Å². The van der Waals surface area contributed by atoms with Gasteiger partial charge in [-0.3, -0.25) is 19.2 Å². The topological polar surface area (TPSA) is 779 Å². The average molecular weight is 1640 g/mol. The maximum absolute atomic E-state index is 13.0. The van der Waals surface area contributed by atoms with E-state index in [0.29, 0.717) is 0 Å². The standard InChI is InChI=1S/C62H104N4O46/c1-14(75)63-27-36(84)47(22(9-71)97-54(27)95)106-55-28(64-15(2)76)37(85)50(25(12-74)102-55)109-60-46(94)51(110-62-53(43(91)34(82)21(8-70)101-62)112-57-30(66-17(4)78)39(87)49(24(11-73)104-57)108-59-45(93)41(89)32(80)19(6-68)99-59)35(83)26(105-60)13-96-61-52(42(90)33(81)20(7-69)100-61)111-56-29(65-16(3)77)38(86)48(23(10-72)103-56)107-58-44(92)40(88)31(79)18(5-67)98-58/h18-62,67-74,79-95H,5-13H2,1-4H3,(H,63,75)(H,64,76)(H,65,77)(H,66,78)/t18-,19-,20-,21-,22-,23-,24-,25-,26-,27-,28-,29-,30-,31+,32+,33-,34-,35-,36-,37-,38-,39-,40+,41+,42+,43+,44-,45-,46+,47-,48-,49-,50-,51+,52+,53+,54-,55+,56?,57?,58?,59?,60?,61?,62?/m1/s1. The summed E-state index contributed by atoms with van der Waals surface area (Å²) in [4.78, 5) is 50.9. The average Bonchev–Trinajstić information content (AvgIpc) is 0.966. The van der Waals surface area contributed by atoms with E-state index in [-0.39, 0.29) is 0 Å². The highest BCUT2D eigenvalue weighted by Gasteiger charge is 2.61. The Morgan fingerprint density at radius 2 is 0.482 bits per heavy atom. The normalized spacial score (nSPS) is 48.9. The third kappa shape index (κ3) is 20.2. The van der Waals surface area contributed by atoms with E-state index < -0.39 is 359 Å². The Labute approximate surface area is 634 Å². The predicted molar refractivity (Wildman–Crippen MR) is 343 cm³/mol. The molecule has 112 heavy (non-hydrogen) atoms. The molecular formula is C62H104N4O46. The van der Waals surface area contributed by atoms with Crippen LogP contribution in [0, 0.1) is 0 Å². The smallest absolute Gasteiger partial charge is 0.217 e. The van der Waals surface area contributed by atoms with Crippen molar-refractivity contribution >= 4 is 23.6 Å². The predicted octanol–water partition coefficient (Wildman–Crippen LogP) is -20.1. The van der Waals surface area contributed by atoms with Crippen molar-refractivity contribution in [3.05, 3.63) is 0 Å². The molecule has 0 aliphatic carbocycles. The van der Waals surface area contributed by atoms with Crippen molar-refractivity contribution < 1.29 is 227 Å². The number of hydrogen-bond donors (Lipinski definition) is 29. The van der Waals surface area contributed by atoms with Gasteiger partial charge in [0.2, 0.25) is 23.6 Å². The third-order valence-corrected chi connectivity index (χ3v) is 20.4. The van der Waals surface area contributed by atoms with Crippen molar-refractivity contribution in [3.8, 4) is 0 Å². The first-order valence-electron chi connectivity index (χ1n) is 35.6. The van der Waals surface area contributed by atoms with Crippen molar-refractivity contribution in [2.24, 2.45) is 0 Å². The Kier molecular flexibility index (Phi) is 33.1. The number of ether oxygens (including phenoxy) is 17. The fourth-order valence-corrected chi connectivity index (χ4v) is 14.5. The van der Waals surface area contributed by atoms with E-state index in [1.807, 2.05) is 0 Å². The zero-order valence-electron chi connectivity index (χ0n) is 60.1. The molecule has 9 aliphatic heterocycles. The molecular weight excluding hydrogens is 1540 g/mol. The molecule has 0 saturated carbocycles. The molecule has 0 aromatic heterocycles. The highest BCUT2D eigenvalue weighted by molar-refractivity contribution is 5.74. The Bertz CT molecular complexity index is 2970. The van der Waals surface area contributed by atoms with Crippen LogP contribution in [0.5, 0.6) is 0 Å². The minimum atomic E-state index is -2.57. The summed E-state index contributed by atoms with van der Waals surface area (Å²) >= 11 is 0. The SMILES string of the molecule is CC(=O)N[C@@H]1[C@@H](O)[C@H](O[C@@H]2O[C@H](CO)[C@@H](OC3O[C@H](COC4O[C@H](CO)[C@@H](O)[C@H](O)[C@@H]4OC4O[C@H](CO)[C@@H](OC5O[C@H](CO)[C@H](O)[C@H](O)[C@H]5O)[C@H](O)[C@H]4NC(C)=O)[C@@H](O)[C@H](OC4O[C@H](CO)[C@@H](O)[C@H](O)[C@@H]4OC4O[C@H](CO)[C@@H](OC5O[C@H](CO)[C@H](O)[C@H](O)[C@H]5O)[C@H](O)[C@H]4NC(C)=O)[C@@H]3O)[C@H](O)[C@H]2NC(C)=O)[C@@H](CO)O[C@H]1O. The molecule has 648 valence electrons. The van der Waals surface area contributed by atoms with E-state index in [1.165, 1.54) is 0 Å². The number of aliphatic hydroxyl groups is 25. The van der Waals surface area contributed by atoms with Crippen molar-refractivity contribution in [3.63, 3.8) is 0 Å². The highest BCUT2D eigenvalue weighted by Crippen LogP contribution is 2.40. The van der Waals surface area contributed by atoms with Crippen LogP contribution in [-0.2, 0) is 99.7 Å². The van der Waals surface area contributed by atoms with Gasteiger partial charge >= 0.3 is 0 Å². The van der Waals surface area contributed by atoms with Gasteiger partial charge < -0.3 is 229 Å². The van der Waals surface area contributed by atoms with Crippen LogP contribution in [0.4, 0.5) is 0 Å². The van der Waals surface area contributed by atoms with E-state index in [4.69, 9.17) is 80.5 Å². The number of rotatable bonds is 29. The summed E-state index contributed by atoms with van der Waals surface area (Å²) in [5.74, 6) is -3.62. The zero-order chi connectivity index (χ0) is 82.5. The van der Waals surface area contributed by atoms with E-state index >= 15 is 0 Å². The lowest BCUT2D eigenvalue weighted by atomic mass is 9.93. The van der Waals surface area contributed by atoms with E-state index in [2.05, 4.69) is 21.3 Å². The molecule has 4 amide bonds. The molecule has 29 N–H and O–H groups in total. The number of carbonyl (C=O) groups is 4. The lowest BCUT2D eigenvalue weighted by molar-refractivity contribution is -0.399. The molecule has 9 heterocycles. The van der Waals surface area contributed by atoms with Crippen LogP contribution in [-0.4, -0.2) is 487 Å². The van der Waals surface area contributed by atoms with Crippen LogP contribution in [0.2, 0.25) is 0 Å². The van der Waals surface area contributed by atoms with Crippen LogP contribution in [0.25, 0.3) is 0 Å². The van der Waals surface area contributed by atoms with Crippen molar-refractivity contribution in [1.82, 2.24) is 21.3 Å². The molecule has 50 heteroatoms. The largest absolute Gasteiger partial charge is 0.394 e. The van der Waals surface area contributed by atoms with Gasteiger partial charge in [-0.25, -0.2) is 0 Å². The number of aliphatic hydroxyl groups excluding tert-OH is 25.